The van der Waals surface area contributed by atoms with Crippen molar-refractivity contribution >= 4 is 28.2 Å². The van der Waals surface area contributed by atoms with Gasteiger partial charge in [-0.25, -0.2) is 0 Å². The fourth-order valence-corrected chi connectivity index (χ4v) is 6.10. The van der Waals surface area contributed by atoms with Gasteiger partial charge in [0.2, 0.25) is 5.72 Å². The van der Waals surface area contributed by atoms with Crippen LogP contribution in [-0.2, 0) is 10.2 Å². The number of hydrogen-bond acceptors (Lipinski definition) is 4. The maximum Gasteiger partial charge on any atom is 0.212 e. The molecular formula is C30H34N2O2. The Morgan fingerprint density at radius 2 is 1.62 bits per heavy atom. The third-order valence-corrected chi connectivity index (χ3v) is 7.83. The normalized spacial score (nSPS) is 22.9. The van der Waals surface area contributed by atoms with Gasteiger partial charge in [0.25, 0.3) is 0 Å². The first-order chi connectivity index (χ1) is 16.4. The van der Waals surface area contributed by atoms with Crippen LogP contribution in [0, 0.1) is 5.92 Å². The van der Waals surface area contributed by atoms with Gasteiger partial charge in [0, 0.05) is 48.0 Å². The van der Waals surface area contributed by atoms with Gasteiger partial charge in [0.1, 0.15) is 5.75 Å². The quantitative estimate of drug-likeness (QED) is 0.468. The summed E-state index contributed by atoms with van der Waals surface area (Å²) in [5, 5.41) is 2.52. The monoisotopic (exact) mass is 454 g/mol. The lowest BCUT2D eigenvalue weighted by Gasteiger charge is -2.48. The molecule has 1 atom stereocenters. The Hall–Kier alpha value is -2.98. The number of benzene rings is 3. The number of morpholine rings is 1. The summed E-state index contributed by atoms with van der Waals surface area (Å²) in [5.41, 5.74) is 4.26. The molecule has 0 bridgehead atoms. The van der Waals surface area contributed by atoms with Gasteiger partial charge >= 0.3 is 0 Å². The Labute approximate surface area is 202 Å². The summed E-state index contributed by atoms with van der Waals surface area (Å²) in [7, 11) is 0. The van der Waals surface area contributed by atoms with Crippen molar-refractivity contribution in [2.75, 3.05) is 42.6 Å². The second-order valence-corrected chi connectivity index (χ2v) is 10.7. The average molecular weight is 455 g/mol. The van der Waals surface area contributed by atoms with Crippen LogP contribution in [0.3, 0.4) is 0 Å². The van der Waals surface area contributed by atoms with Crippen molar-refractivity contribution in [1.29, 1.82) is 0 Å². The molecule has 0 aliphatic carbocycles. The van der Waals surface area contributed by atoms with Crippen molar-refractivity contribution in [2.45, 2.75) is 38.8 Å². The van der Waals surface area contributed by atoms with Crippen molar-refractivity contribution in [2.24, 2.45) is 5.92 Å². The molecule has 4 nitrogen and oxygen atoms in total. The summed E-state index contributed by atoms with van der Waals surface area (Å²) in [6.07, 6.45) is 4.63. The Kier molecular flexibility index (Phi) is 4.93. The minimum Gasteiger partial charge on any atom is -0.463 e. The van der Waals surface area contributed by atoms with Gasteiger partial charge in [-0.1, -0.05) is 56.3 Å². The number of ether oxygens (including phenoxy) is 2. The average Bonchev–Trinajstić information content (AvgIpc) is 3.02. The SMILES string of the molecule is CC(C)CN1c2ccccc2C(C)(C)C12C=Cc1c(cc(N3CCOCC3)c3ccccc13)O2. The van der Waals surface area contributed by atoms with Crippen LogP contribution in [0.1, 0.15) is 38.8 Å². The Balaban J connectivity index is 1.54. The molecule has 0 radical (unpaired) electrons. The lowest BCUT2D eigenvalue weighted by molar-refractivity contribution is 0.0517. The van der Waals surface area contributed by atoms with E-state index in [1.54, 1.807) is 0 Å². The van der Waals surface area contributed by atoms with Gasteiger partial charge in [-0.2, -0.15) is 0 Å². The molecule has 0 N–H and O–H groups in total. The van der Waals surface area contributed by atoms with E-state index in [0.29, 0.717) is 5.92 Å². The molecule has 3 aromatic rings. The van der Waals surface area contributed by atoms with Crippen molar-refractivity contribution in [3.8, 4) is 5.75 Å². The maximum atomic E-state index is 7.21. The van der Waals surface area contributed by atoms with E-state index in [9.17, 15) is 0 Å². The Morgan fingerprint density at radius 3 is 2.38 bits per heavy atom. The predicted molar refractivity (Wildman–Crippen MR) is 141 cm³/mol. The standard InChI is InChI=1S/C30H34N2O2/c1-21(2)20-32-26-12-8-7-11-25(26)29(3,4)30(32)14-13-24-22-9-5-6-10-23(22)27(19-28(24)34-30)31-15-17-33-18-16-31/h5-14,19,21H,15-18,20H2,1-4H3. The molecule has 3 aliphatic heterocycles. The Bertz CT molecular complexity index is 1270. The summed E-state index contributed by atoms with van der Waals surface area (Å²) >= 11 is 0. The number of fused-ring (bicyclic) bond motifs is 4. The van der Waals surface area contributed by atoms with Crippen LogP contribution in [0.4, 0.5) is 11.4 Å². The zero-order valence-corrected chi connectivity index (χ0v) is 20.7. The predicted octanol–water partition coefficient (Wildman–Crippen LogP) is 6.23. The number of nitrogens with zero attached hydrogens (tertiary/aromatic N) is 2. The zero-order valence-electron chi connectivity index (χ0n) is 20.7. The highest BCUT2D eigenvalue weighted by atomic mass is 16.5. The van der Waals surface area contributed by atoms with Crippen LogP contribution in [0.5, 0.6) is 5.75 Å². The number of rotatable bonds is 3. The fourth-order valence-electron chi connectivity index (χ4n) is 6.10. The molecule has 1 spiro atoms. The largest absolute Gasteiger partial charge is 0.463 e. The lowest BCUT2D eigenvalue weighted by atomic mass is 9.76. The van der Waals surface area contributed by atoms with E-state index in [2.05, 4.69) is 104 Å². The molecule has 3 aromatic carbocycles. The molecular weight excluding hydrogens is 420 g/mol. The Morgan fingerprint density at radius 1 is 0.912 bits per heavy atom. The highest BCUT2D eigenvalue weighted by Crippen LogP contribution is 2.56. The molecule has 3 heterocycles. The van der Waals surface area contributed by atoms with Crippen LogP contribution in [0.15, 0.2) is 60.7 Å². The highest BCUT2D eigenvalue weighted by Gasteiger charge is 2.58. The van der Waals surface area contributed by atoms with Gasteiger partial charge in [-0.3, -0.25) is 0 Å². The molecule has 6 rings (SSSR count). The van der Waals surface area contributed by atoms with Crippen molar-refractivity contribution < 1.29 is 9.47 Å². The van der Waals surface area contributed by atoms with E-state index in [1.807, 2.05) is 0 Å². The van der Waals surface area contributed by atoms with Crippen LogP contribution < -0.4 is 14.5 Å². The summed E-state index contributed by atoms with van der Waals surface area (Å²) in [6, 6.07) is 19.8. The van der Waals surface area contributed by atoms with E-state index in [1.165, 1.54) is 33.3 Å². The van der Waals surface area contributed by atoms with Crippen LogP contribution in [-0.4, -0.2) is 38.6 Å². The molecule has 0 aromatic heterocycles. The van der Waals surface area contributed by atoms with E-state index < -0.39 is 5.72 Å². The van der Waals surface area contributed by atoms with Gasteiger partial charge < -0.3 is 19.3 Å². The molecule has 176 valence electrons. The lowest BCUT2D eigenvalue weighted by Crippen LogP contribution is -2.60. The summed E-state index contributed by atoms with van der Waals surface area (Å²) < 4.78 is 12.9. The van der Waals surface area contributed by atoms with Crippen LogP contribution in [0.25, 0.3) is 16.8 Å². The van der Waals surface area contributed by atoms with Gasteiger partial charge in [-0.05, 0) is 48.9 Å². The van der Waals surface area contributed by atoms with E-state index in [4.69, 9.17) is 9.47 Å². The summed E-state index contributed by atoms with van der Waals surface area (Å²) in [6.45, 7) is 13.5. The van der Waals surface area contributed by atoms with Crippen LogP contribution >= 0.6 is 0 Å². The molecule has 34 heavy (non-hydrogen) atoms. The highest BCUT2D eigenvalue weighted by molar-refractivity contribution is 6.02. The number of para-hydroxylation sites is 1. The summed E-state index contributed by atoms with van der Waals surface area (Å²) in [5.74, 6) is 1.48. The van der Waals surface area contributed by atoms with Crippen LogP contribution in [0.2, 0.25) is 0 Å². The zero-order chi connectivity index (χ0) is 23.5. The first kappa shape index (κ1) is 21.5. The molecule has 3 aliphatic rings. The topological polar surface area (TPSA) is 24.9 Å². The second kappa shape index (κ2) is 7.78. The smallest absolute Gasteiger partial charge is 0.212 e. The van der Waals surface area contributed by atoms with Crippen molar-refractivity contribution in [1.82, 2.24) is 0 Å². The molecule has 0 amide bonds. The number of hydrogen-bond donors (Lipinski definition) is 0. The van der Waals surface area contributed by atoms with E-state index in [0.717, 1.165) is 38.6 Å². The van der Waals surface area contributed by atoms with Gasteiger partial charge in [-0.15, -0.1) is 0 Å². The molecule has 1 saturated heterocycles. The summed E-state index contributed by atoms with van der Waals surface area (Å²) in [4.78, 5) is 4.94. The first-order valence-corrected chi connectivity index (χ1v) is 12.6. The van der Waals surface area contributed by atoms with E-state index in [-0.39, 0.29) is 5.41 Å². The second-order valence-electron chi connectivity index (χ2n) is 10.7. The number of anilines is 2. The van der Waals surface area contributed by atoms with E-state index >= 15 is 0 Å². The van der Waals surface area contributed by atoms with Crippen molar-refractivity contribution in [3.05, 3.63) is 71.8 Å². The first-order valence-electron chi connectivity index (χ1n) is 12.6. The third kappa shape index (κ3) is 3.01. The van der Waals surface area contributed by atoms with Gasteiger partial charge in [0.05, 0.1) is 18.6 Å². The molecule has 1 fully saturated rings. The fraction of sp³-hybridized carbons (Fsp3) is 0.400. The molecule has 1 unspecified atom stereocenters. The van der Waals surface area contributed by atoms with Gasteiger partial charge in [0.15, 0.2) is 0 Å². The third-order valence-electron chi connectivity index (χ3n) is 7.83. The maximum absolute atomic E-state index is 7.21. The van der Waals surface area contributed by atoms with Crippen molar-refractivity contribution in [3.63, 3.8) is 0 Å². The minimum absolute atomic E-state index is 0.211. The molecule has 4 heteroatoms. The molecule has 0 saturated carbocycles. The minimum atomic E-state index is -0.571.